The number of benzene rings is 1. The third-order valence-corrected chi connectivity index (χ3v) is 2.61. The molecule has 0 saturated carbocycles. The van der Waals surface area contributed by atoms with Gasteiger partial charge in [-0.15, -0.1) is 0 Å². The first-order valence-electron chi connectivity index (χ1n) is 5.81. The normalized spacial score (nSPS) is 10.8. The average Bonchev–Trinajstić information content (AvgIpc) is 2.51. The quantitative estimate of drug-likeness (QED) is 0.366. The van der Waals surface area contributed by atoms with E-state index in [4.69, 9.17) is 14.2 Å². The molecule has 0 unspecified atom stereocenters. The van der Waals surface area contributed by atoms with E-state index < -0.39 is 17.5 Å². The van der Waals surface area contributed by atoms with Crippen molar-refractivity contribution in [1.29, 1.82) is 0 Å². The van der Waals surface area contributed by atoms with Crippen LogP contribution in [0, 0.1) is 0 Å². The highest BCUT2D eigenvalue weighted by molar-refractivity contribution is 6.39. The Hall–Kier alpha value is -2.70. The van der Waals surface area contributed by atoms with E-state index in [1.54, 1.807) is 0 Å². The molecule has 0 fully saturated rings. The van der Waals surface area contributed by atoms with Crippen molar-refractivity contribution in [2.24, 2.45) is 0 Å². The standard InChI is InChI=1S/C14H16O7/c1-18-11-5-8(6-12(19-2)13(11)20-3)9(15)7-10(16)14(17)21-4/h5-7,15H,1-4H3. The van der Waals surface area contributed by atoms with E-state index in [0.29, 0.717) is 17.2 Å². The molecule has 1 aromatic carbocycles. The molecule has 0 aliphatic heterocycles. The second-order valence-electron chi connectivity index (χ2n) is 3.80. The summed E-state index contributed by atoms with van der Waals surface area (Å²) < 4.78 is 19.6. The van der Waals surface area contributed by atoms with Crippen LogP contribution in [-0.2, 0) is 14.3 Å². The van der Waals surface area contributed by atoms with Gasteiger partial charge in [0.15, 0.2) is 11.5 Å². The molecule has 0 saturated heterocycles. The van der Waals surface area contributed by atoms with Gasteiger partial charge in [0.25, 0.3) is 5.78 Å². The molecule has 1 rings (SSSR count). The van der Waals surface area contributed by atoms with Crippen LogP contribution in [0.4, 0.5) is 0 Å². The number of rotatable bonds is 6. The number of methoxy groups -OCH3 is 4. The molecule has 21 heavy (non-hydrogen) atoms. The molecule has 0 spiro atoms. The highest BCUT2D eigenvalue weighted by Crippen LogP contribution is 2.39. The van der Waals surface area contributed by atoms with Gasteiger partial charge in [-0.3, -0.25) is 4.79 Å². The lowest BCUT2D eigenvalue weighted by Gasteiger charge is -2.13. The summed E-state index contributed by atoms with van der Waals surface area (Å²) in [6.07, 6.45) is 0.756. The van der Waals surface area contributed by atoms with Crippen LogP contribution in [0.1, 0.15) is 5.56 Å². The van der Waals surface area contributed by atoms with Crippen LogP contribution < -0.4 is 14.2 Å². The molecular formula is C14H16O7. The third kappa shape index (κ3) is 3.65. The lowest BCUT2D eigenvalue weighted by atomic mass is 10.1. The minimum atomic E-state index is -1.08. The maximum atomic E-state index is 11.4. The zero-order chi connectivity index (χ0) is 16.0. The Morgan fingerprint density at radius 2 is 1.52 bits per heavy atom. The van der Waals surface area contributed by atoms with Gasteiger partial charge in [-0.05, 0) is 12.1 Å². The molecule has 0 amide bonds. The van der Waals surface area contributed by atoms with Crippen molar-refractivity contribution < 1.29 is 33.6 Å². The van der Waals surface area contributed by atoms with Gasteiger partial charge >= 0.3 is 5.97 Å². The van der Waals surface area contributed by atoms with Crippen molar-refractivity contribution in [3.8, 4) is 17.2 Å². The van der Waals surface area contributed by atoms with E-state index in [-0.39, 0.29) is 5.56 Å². The fourth-order valence-electron chi connectivity index (χ4n) is 1.60. The number of carbonyl (C=O) groups excluding carboxylic acids is 2. The molecule has 0 aromatic heterocycles. The number of hydrogen-bond donors (Lipinski definition) is 1. The fourth-order valence-corrected chi connectivity index (χ4v) is 1.60. The van der Waals surface area contributed by atoms with Crippen LogP contribution in [0.15, 0.2) is 18.2 Å². The molecule has 1 N–H and O–H groups in total. The molecule has 0 aliphatic carbocycles. The molecule has 0 heterocycles. The Morgan fingerprint density at radius 3 is 1.90 bits per heavy atom. The van der Waals surface area contributed by atoms with Crippen molar-refractivity contribution in [2.75, 3.05) is 28.4 Å². The van der Waals surface area contributed by atoms with Crippen molar-refractivity contribution in [3.05, 3.63) is 23.8 Å². The van der Waals surface area contributed by atoms with Gasteiger partial charge < -0.3 is 24.1 Å². The number of aliphatic hydroxyl groups is 1. The van der Waals surface area contributed by atoms with Crippen LogP contribution in [0.25, 0.3) is 5.76 Å². The lowest BCUT2D eigenvalue weighted by Crippen LogP contribution is -2.13. The van der Waals surface area contributed by atoms with E-state index in [0.717, 1.165) is 13.2 Å². The molecule has 0 aliphatic rings. The Balaban J connectivity index is 3.27. The minimum Gasteiger partial charge on any atom is -0.507 e. The van der Waals surface area contributed by atoms with Crippen LogP contribution in [0.5, 0.6) is 17.2 Å². The first-order valence-corrected chi connectivity index (χ1v) is 5.81. The van der Waals surface area contributed by atoms with Crippen LogP contribution in [0.3, 0.4) is 0 Å². The summed E-state index contributed by atoms with van der Waals surface area (Å²) in [7, 11) is 5.35. The number of ether oxygens (including phenoxy) is 4. The van der Waals surface area contributed by atoms with E-state index in [1.165, 1.54) is 33.5 Å². The summed E-state index contributed by atoms with van der Waals surface area (Å²) in [5.41, 5.74) is 0.224. The molecule has 0 bridgehead atoms. The van der Waals surface area contributed by atoms with Gasteiger partial charge in [0.05, 0.1) is 28.4 Å². The zero-order valence-electron chi connectivity index (χ0n) is 12.1. The van der Waals surface area contributed by atoms with E-state index in [2.05, 4.69) is 4.74 Å². The van der Waals surface area contributed by atoms with Gasteiger partial charge in [-0.1, -0.05) is 0 Å². The van der Waals surface area contributed by atoms with Gasteiger partial charge in [-0.2, -0.15) is 0 Å². The molecule has 0 atom stereocenters. The SMILES string of the molecule is COC(=O)C(=O)C=C(O)c1cc(OC)c(OC)c(OC)c1. The smallest absolute Gasteiger partial charge is 0.378 e. The first-order chi connectivity index (χ1) is 9.98. The van der Waals surface area contributed by atoms with Crippen LogP contribution in [-0.4, -0.2) is 45.3 Å². The maximum absolute atomic E-state index is 11.4. The topological polar surface area (TPSA) is 91.3 Å². The zero-order valence-corrected chi connectivity index (χ0v) is 12.1. The second kappa shape index (κ2) is 7.18. The van der Waals surface area contributed by atoms with Crippen LogP contribution >= 0.6 is 0 Å². The van der Waals surface area contributed by atoms with Gasteiger partial charge in [0.1, 0.15) is 5.76 Å². The monoisotopic (exact) mass is 296 g/mol. The summed E-state index contributed by atoms with van der Waals surface area (Å²) in [6.45, 7) is 0. The van der Waals surface area contributed by atoms with E-state index in [1.807, 2.05) is 0 Å². The van der Waals surface area contributed by atoms with E-state index >= 15 is 0 Å². The summed E-state index contributed by atoms with van der Waals surface area (Å²) >= 11 is 0. The average molecular weight is 296 g/mol. The minimum absolute atomic E-state index is 0.224. The Kier molecular flexibility index (Phi) is 5.59. The van der Waals surface area contributed by atoms with Gasteiger partial charge in [0, 0.05) is 11.6 Å². The molecule has 0 radical (unpaired) electrons. The number of ketones is 1. The van der Waals surface area contributed by atoms with Gasteiger partial charge in [0.2, 0.25) is 5.75 Å². The number of carbonyl (C=O) groups is 2. The van der Waals surface area contributed by atoms with Gasteiger partial charge in [-0.25, -0.2) is 4.79 Å². The lowest BCUT2D eigenvalue weighted by molar-refractivity contribution is -0.149. The second-order valence-corrected chi connectivity index (χ2v) is 3.80. The Labute approximate surface area is 121 Å². The fraction of sp³-hybridized carbons (Fsp3) is 0.286. The molecular weight excluding hydrogens is 280 g/mol. The largest absolute Gasteiger partial charge is 0.507 e. The summed E-state index contributed by atoms with van der Waals surface area (Å²) in [4.78, 5) is 22.4. The van der Waals surface area contributed by atoms with Crippen molar-refractivity contribution in [1.82, 2.24) is 0 Å². The van der Waals surface area contributed by atoms with E-state index in [9.17, 15) is 14.7 Å². The number of esters is 1. The molecule has 7 nitrogen and oxygen atoms in total. The summed E-state index contributed by atoms with van der Waals surface area (Å²) in [5.74, 6) is -1.53. The molecule has 114 valence electrons. The highest BCUT2D eigenvalue weighted by Gasteiger charge is 2.17. The number of hydrogen-bond acceptors (Lipinski definition) is 7. The predicted molar refractivity (Wildman–Crippen MR) is 73.7 cm³/mol. The number of aliphatic hydroxyl groups excluding tert-OH is 1. The predicted octanol–water partition coefficient (Wildman–Crippen LogP) is 1.35. The highest BCUT2D eigenvalue weighted by atomic mass is 16.5. The molecule has 7 heteroatoms. The van der Waals surface area contributed by atoms with Crippen molar-refractivity contribution in [3.63, 3.8) is 0 Å². The third-order valence-electron chi connectivity index (χ3n) is 2.61. The first kappa shape index (κ1) is 16.4. The maximum Gasteiger partial charge on any atom is 0.378 e. The molecule has 1 aromatic rings. The Morgan fingerprint density at radius 1 is 1.00 bits per heavy atom. The van der Waals surface area contributed by atoms with Crippen molar-refractivity contribution in [2.45, 2.75) is 0 Å². The Bertz CT molecular complexity index is 550. The summed E-state index contributed by atoms with van der Waals surface area (Å²) in [5, 5.41) is 9.92. The van der Waals surface area contributed by atoms with Crippen molar-refractivity contribution >= 4 is 17.5 Å². The summed E-state index contributed by atoms with van der Waals surface area (Å²) in [6, 6.07) is 2.88. The van der Waals surface area contributed by atoms with Crippen LogP contribution in [0.2, 0.25) is 0 Å².